The molecule has 158 valence electrons. The minimum atomic E-state index is -0.197. The lowest BCUT2D eigenvalue weighted by molar-refractivity contribution is -0.118. The second-order valence-corrected chi connectivity index (χ2v) is 9.42. The maximum atomic E-state index is 12.4. The summed E-state index contributed by atoms with van der Waals surface area (Å²) in [5, 5.41) is 2.88. The molecule has 1 N–H and O–H groups in total. The van der Waals surface area contributed by atoms with Gasteiger partial charge in [0.2, 0.25) is 0 Å². The number of benzene rings is 2. The Kier molecular flexibility index (Phi) is 7.34. The average molecular weight is 398 g/mol. The van der Waals surface area contributed by atoms with Gasteiger partial charge in [0.05, 0.1) is 6.61 Å². The van der Waals surface area contributed by atoms with Crippen molar-refractivity contribution < 1.29 is 14.3 Å². The number of hydrogen-bond donors (Lipinski definition) is 1. The van der Waals surface area contributed by atoms with Crippen LogP contribution in [0.4, 0.5) is 5.69 Å². The lowest BCUT2D eigenvalue weighted by atomic mass is 9.80. The molecule has 0 aliphatic carbocycles. The van der Waals surface area contributed by atoms with E-state index in [1.165, 1.54) is 5.56 Å². The molecule has 0 aliphatic rings. The molecule has 4 heteroatoms. The summed E-state index contributed by atoms with van der Waals surface area (Å²) in [6.07, 6.45) is 0.939. The van der Waals surface area contributed by atoms with Gasteiger partial charge in [0.25, 0.3) is 5.91 Å². The molecule has 2 aromatic carbocycles. The Labute approximate surface area is 175 Å². The van der Waals surface area contributed by atoms with Crippen LogP contribution in [0.3, 0.4) is 0 Å². The Morgan fingerprint density at radius 1 is 0.931 bits per heavy atom. The summed E-state index contributed by atoms with van der Waals surface area (Å²) >= 11 is 0. The standard InChI is InChI=1S/C25H35NO3/c1-8-14-28-20-11-9-10-19(16-20)26-23(27)17-29-22-13-12-18(24(2,3)4)15-21(22)25(5,6)7/h9-13,15-16H,8,14,17H2,1-7H3,(H,26,27). The second-order valence-electron chi connectivity index (χ2n) is 9.42. The van der Waals surface area contributed by atoms with Gasteiger partial charge in [0, 0.05) is 11.8 Å². The fourth-order valence-electron chi connectivity index (χ4n) is 2.93. The molecule has 0 aliphatic heterocycles. The molecule has 0 saturated carbocycles. The molecule has 0 aromatic heterocycles. The molecule has 0 radical (unpaired) electrons. The highest BCUT2D eigenvalue weighted by atomic mass is 16.5. The average Bonchev–Trinajstić information content (AvgIpc) is 2.63. The summed E-state index contributed by atoms with van der Waals surface area (Å²) in [7, 11) is 0. The van der Waals surface area contributed by atoms with Crippen molar-refractivity contribution >= 4 is 11.6 Å². The number of ether oxygens (including phenoxy) is 2. The minimum Gasteiger partial charge on any atom is -0.494 e. The van der Waals surface area contributed by atoms with Crippen molar-refractivity contribution in [1.29, 1.82) is 0 Å². The van der Waals surface area contributed by atoms with Crippen LogP contribution < -0.4 is 14.8 Å². The van der Waals surface area contributed by atoms with E-state index in [2.05, 4.69) is 65.9 Å². The summed E-state index contributed by atoms with van der Waals surface area (Å²) in [6.45, 7) is 15.7. The Balaban J connectivity index is 2.08. The fourth-order valence-corrected chi connectivity index (χ4v) is 2.93. The van der Waals surface area contributed by atoms with Gasteiger partial charge in [-0.15, -0.1) is 0 Å². The number of hydrogen-bond acceptors (Lipinski definition) is 3. The summed E-state index contributed by atoms with van der Waals surface area (Å²) < 4.78 is 11.5. The number of carbonyl (C=O) groups is 1. The van der Waals surface area contributed by atoms with Crippen LogP contribution in [0.2, 0.25) is 0 Å². The zero-order valence-corrected chi connectivity index (χ0v) is 18.9. The first-order valence-electron chi connectivity index (χ1n) is 10.3. The summed E-state index contributed by atoms with van der Waals surface area (Å²) in [5.41, 5.74) is 3.03. The predicted octanol–water partition coefficient (Wildman–Crippen LogP) is 6.09. The molecule has 1 amide bonds. The van der Waals surface area contributed by atoms with E-state index < -0.39 is 0 Å². The summed E-state index contributed by atoms with van der Waals surface area (Å²) in [4.78, 5) is 12.4. The van der Waals surface area contributed by atoms with Crippen LogP contribution in [-0.4, -0.2) is 19.1 Å². The van der Waals surface area contributed by atoms with Crippen molar-refractivity contribution in [2.45, 2.75) is 65.7 Å². The molecule has 0 spiro atoms. The first kappa shape index (κ1) is 22.8. The fraction of sp³-hybridized carbons (Fsp3) is 0.480. The van der Waals surface area contributed by atoms with E-state index in [1.807, 2.05) is 30.3 Å². The van der Waals surface area contributed by atoms with Gasteiger partial charge >= 0.3 is 0 Å². The Morgan fingerprint density at radius 3 is 2.28 bits per heavy atom. The summed E-state index contributed by atoms with van der Waals surface area (Å²) in [5.74, 6) is 1.30. The third-order valence-corrected chi connectivity index (χ3v) is 4.60. The zero-order valence-electron chi connectivity index (χ0n) is 18.9. The van der Waals surface area contributed by atoms with E-state index in [9.17, 15) is 4.79 Å². The van der Waals surface area contributed by atoms with Crippen molar-refractivity contribution in [2.75, 3.05) is 18.5 Å². The molecule has 0 heterocycles. The van der Waals surface area contributed by atoms with Crippen molar-refractivity contribution in [3.8, 4) is 11.5 Å². The number of rotatable bonds is 7. The lowest BCUT2D eigenvalue weighted by Crippen LogP contribution is -2.22. The maximum Gasteiger partial charge on any atom is 0.262 e. The van der Waals surface area contributed by atoms with Crippen molar-refractivity contribution in [2.24, 2.45) is 0 Å². The van der Waals surface area contributed by atoms with E-state index in [0.29, 0.717) is 12.3 Å². The first-order chi connectivity index (χ1) is 13.5. The smallest absolute Gasteiger partial charge is 0.262 e. The second kappa shape index (κ2) is 9.34. The van der Waals surface area contributed by atoms with Crippen LogP contribution in [0, 0.1) is 0 Å². The molecule has 0 fully saturated rings. The van der Waals surface area contributed by atoms with E-state index in [4.69, 9.17) is 9.47 Å². The van der Waals surface area contributed by atoms with E-state index in [-0.39, 0.29) is 23.3 Å². The minimum absolute atomic E-state index is 0.0437. The molecule has 2 rings (SSSR count). The quantitative estimate of drug-likeness (QED) is 0.615. The maximum absolute atomic E-state index is 12.4. The zero-order chi connectivity index (χ0) is 21.7. The van der Waals surface area contributed by atoms with Crippen molar-refractivity contribution in [1.82, 2.24) is 0 Å². The predicted molar refractivity (Wildman–Crippen MR) is 120 cm³/mol. The van der Waals surface area contributed by atoms with Crippen LogP contribution in [0.25, 0.3) is 0 Å². The van der Waals surface area contributed by atoms with E-state index in [1.54, 1.807) is 0 Å². The van der Waals surface area contributed by atoms with Crippen LogP contribution in [0.5, 0.6) is 11.5 Å². The van der Waals surface area contributed by atoms with Crippen LogP contribution in [-0.2, 0) is 15.6 Å². The Bertz CT molecular complexity index is 829. The lowest BCUT2D eigenvalue weighted by Gasteiger charge is -2.27. The van der Waals surface area contributed by atoms with Gasteiger partial charge in [0.1, 0.15) is 11.5 Å². The molecular weight excluding hydrogens is 362 g/mol. The van der Waals surface area contributed by atoms with Crippen LogP contribution in [0.1, 0.15) is 66.0 Å². The molecule has 29 heavy (non-hydrogen) atoms. The van der Waals surface area contributed by atoms with Gasteiger partial charge < -0.3 is 14.8 Å². The largest absolute Gasteiger partial charge is 0.494 e. The summed E-state index contributed by atoms with van der Waals surface area (Å²) in [6, 6.07) is 13.7. The van der Waals surface area contributed by atoms with Crippen LogP contribution in [0.15, 0.2) is 42.5 Å². The van der Waals surface area contributed by atoms with Crippen molar-refractivity contribution in [3.63, 3.8) is 0 Å². The first-order valence-corrected chi connectivity index (χ1v) is 10.3. The van der Waals surface area contributed by atoms with Gasteiger partial charge in [-0.2, -0.15) is 0 Å². The normalized spacial score (nSPS) is 11.8. The van der Waals surface area contributed by atoms with Gasteiger partial charge in [-0.1, -0.05) is 66.7 Å². The van der Waals surface area contributed by atoms with Crippen LogP contribution >= 0.6 is 0 Å². The van der Waals surface area contributed by atoms with Crippen molar-refractivity contribution in [3.05, 3.63) is 53.6 Å². The molecular formula is C25H35NO3. The SMILES string of the molecule is CCCOc1cccc(NC(=O)COc2ccc(C(C)(C)C)cc2C(C)(C)C)c1. The third-order valence-electron chi connectivity index (χ3n) is 4.60. The Morgan fingerprint density at radius 2 is 1.66 bits per heavy atom. The molecule has 0 unspecified atom stereocenters. The highest BCUT2D eigenvalue weighted by molar-refractivity contribution is 5.92. The highest BCUT2D eigenvalue weighted by Gasteiger charge is 2.23. The van der Waals surface area contributed by atoms with Gasteiger partial charge in [-0.3, -0.25) is 4.79 Å². The number of anilines is 1. The van der Waals surface area contributed by atoms with Gasteiger partial charge in [-0.25, -0.2) is 0 Å². The Hall–Kier alpha value is -2.49. The van der Waals surface area contributed by atoms with E-state index >= 15 is 0 Å². The highest BCUT2D eigenvalue weighted by Crippen LogP contribution is 2.35. The number of nitrogens with one attached hydrogen (secondary N) is 1. The number of carbonyl (C=O) groups excluding carboxylic acids is 1. The molecule has 4 nitrogen and oxygen atoms in total. The van der Waals surface area contributed by atoms with Gasteiger partial charge in [0.15, 0.2) is 6.61 Å². The number of amides is 1. The molecule has 0 saturated heterocycles. The van der Waals surface area contributed by atoms with Gasteiger partial charge in [-0.05, 0) is 46.6 Å². The molecule has 0 atom stereocenters. The monoisotopic (exact) mass is 397 g/mol. The molecule has 2 aromatic rings. The van der Waals surface area contributed by atoms with E-state index in [0.717, 1.165) is 23.5 Å². The molecule has 0 bridgehead atoms. The third kappa shape index (κ3) is 6.81. The topological polar surface area (TPSA) is 47.6 Å².